The molecule has 0 amide bonds. The van der Waals surface area contributed by atoms with E-state index in [0.29, 0.717) is 0 Å². The summed E-state index contributed by atoms with van der Waals surface area (Å²) in [5, 5.41) is 7.11. The molecule has 3 nitrogen and oxygen atoms in total. The molecule has 3 heteroatoms. The molecule has 0 bridgehead atoms. The number of nitrogens with zero attached hydrogens (tertiary/aromatic N) is 2. The standard InChI is InChI=1S/C53H38N2O/c1-53(2)45-31-44-49(56-50-34-48(40-28-16-18-30-42(40)52(44)50)55(37-23-11-5-12-24-37)38-25-13-6-14-26-38)32-43(45)51-41-29-17-15-27-39(41)47(33-46(51)53)54(35-19-7-3-8-20-35)36-21-9-4-10-22-36/h3-34H,1-2H3. The van der Waals surface area contributed by atoms with Gasteiger partial charge in [-0.3, -0.25) is 0 Å². The smallest absolute Gasteiger partial charge is 0.138 e. The molecule has 0 aliphatic heterocycles. The Morgan fingerprint density at radius 1 is 0.375 bits per heavy atom. The first-order valence-corrected chi connectivity index (χ1v) is 19.4. The van der Waals surface area contributed by atoms with E-state index in [4.69, 9.17) is 4.42 Å². The minimum absolute atomic E-state index is 0.270. The average molecular weight is 719 g/mol. The lowest BCUT2D eigenvalue weighted by Crippen LogP contribution is -2.17. The molecule has 1 aliphatic carbocycles. The summed E-state index contributed by atoms with van der Waals surface area (Å²) in [6.45, 7) is 4.76. The second kappa shape index (κ2) is 12.5. The first kappa shape index (κ1) is 32.3. The van der Waals surface area contributed by atoms with Crippen LogP contribution in [0.5, 0.6) is 0 Å². The number of para-hydroxylation sites is 4. The topological polar surface area (TPSA) is 19.6 Å². The molecule has 9 aromatic carbocycles. The van der Waals surface area contributed by atoms with Crippen LogP contribution in [0.4, 0.5) is 34.1 Å². The highest BCUT2D eigenvalue weighted by atomic mass is 16.3. The van der Waals surface area contributed by atoms with E-state index in [0.717, 1.165) is 50.4 Å². The molecule has 0 spiro atoms. The molecule has 0 radical (unpaired) electrons. The lowest BCUT2D eigenvalue weighted by Gasteiger charge is -2.29. The van der Waals surface area contributed by atoms with E-state index in [2.05, 4.69) is 218 Å². The maximum absolute atomic E-state index is 6.99. The largest absolute Gasteiger partial charge is 0.456 e. The normalized spacial score (nSPS) is 13.0. The number of hydrogen-bond acceptors (Lipinski definition) is 3. The molecular formula is C53H38N2O. The first-order valence-electron chi connectivity index (χ1n) is 19.4. The number of benzene rings is 9. The van der Waals surface area contributed by atoms with Gasteiger partial charge in [-0.05, 0) is 99.8 Å². The van der Waals surface area contributed by atoms with Gasteiger partial charge in [-0.25, -0.2) is 0 Å². The zero-order chi connectivity index (χ0) is 37.4. The molecule has 1 aromatic heterocycles. The highest BCUT2D eigenvalue weighted by Crippen LogP contribution is 2.56. The third kappa shape index (κ3) is 4.84. The van der Waals surface area contributed by atoms with E-state index < -0.39 is 0 Å². The van der Waals surface area contributed by atoms with Gasteiger partial charge in [-0.15, -0.1) is 0 Å². The first-order chi connectivity index (χ1) is 27.6. The number of furan rings is 1. The third-order valence-corrected chi connectivity index (χ3v) is 11.8. The average Bonchev–Trinajstić information content (AvgIpc) is 3.72. The Labute approximate surface area is 326 Å². The van der Waals surface area contributed by atoms with Crippen molar-refractivity contribution in [3.63, 3.8) is 0 Å². The summed E-state index contributed by atoms with van der Waals surface area (Å²) in [6, 6.07) is 69.7. The Morgan fingerprint density at radius 3 is 1.32 bits per heavy atom. The van der Waals surface area contributed by atoms with Crippen LogP contribution >= 0.6 is 0 Å². The van der Waals surface area contributed by atoms with Crippen LogP contribution in [0.1, 0.15) is 25.0 Å². The Hall–Kier alpha value is -7.10. The van der Waals surface area contributed by atoms with Gasteiger partial charge in [0, 0.05) is 55.8 Å². The molecule has 0 saturated heterocycles. The van der Waals surface area contributed by atoms with Crippen LogP contribution in [0.3, 0.4) is 0 Å². The molecular weight excluding hydrogens is 681 g/mol. The fourth-order valence-corrected chi connectivity index (χ4v) is 9.21. The summed E-state index contributed by atoms with van der Waals surface area (Å²) >= 11 is 0. The highest BCUT2D eigenvalue weighted by Gasteiger charge is 2.39. The van der Waals surface area contributed by atoms with Crippen molar-refractivity contribution in [2.75, 3.05) is 9.80 Å². The number of fused-ring (bicyclic) bond motifs is 10. The van der Waals surface area contributed by atoms with Crippen molar-refractivity contribution < 1.29 is 4.42 Å². The monoisotopic (exact) mass is 718 g/mol. The van der Waals surface area contributed by atoms with Gasteiger partial charge in [0.1, 0.15) is 11.2 Å². The van der Waals surface area contributed by atoms with E-state index in [1.807, 2.05) is 0 Å². The Morgan fingerprint density at radius 2 is 0.804 bits per heavy atom. The lowest BCUT2D eigenvalue weighted by atomic mass is 9.81. The van der Waals surface area contributed by atoms with Gasteiger partial charge in [0.2, 0.25) is 0 Å². The molecule has 266 valence electrons. The third-order valence-electron chi connectivity index (χ3n) is 11.8. The van der Waals surface area contributed by atoms with Crippen LogP contribution in [0.15, 0.2) is 199 Å². The highest BCUT2D eigenvalue weighted by molar-refractivity contribution is 6.23. The predicted octanol–water partition coefficient (Wildman–Crippen LogP) is 15.1. The molecule has 10 aromatic rings. The summed E-state index contributed by atoms with van der Waals surface area (Å²) in [5.74, 6) is 0. The van der Waals surface area contributed by atoms with Gasteiger partial charge in [-0.1, -0.05) is 135 Å². The van der Waals surface area contributed by atoms with Crippen molar-refractivity contribution in [1.82, 2.24) is 0 Å². The van der Waals surface area contributed by atoms with Gasteiger partial charge in [0.25, 0.3) is 0 Å². The molecule has 11 rings (SSSR count). The van der Waals surface area contributed by atoms with Crippen LogP contribution < -0.4 is 9.80 Å². The number of anilines is 6. The Bertz CT molecular complexity index is 3020. The van der Waals surface area contributed by atoms with E-state index in [1.165, 1.54) is 49.5 Å². The maximum atomic E-state index is 6.99. The van der Waals surface area contributed by atoms with E-state index in [-0.39, 0.29) is 5.41 Å². The summed E-state index contributed by atoms with van der Waals surface area (Å²) < 4.78 is 6.99. The Kier molecular flexibility index (Phi) is 7.20. The van der Waals surface area contributed by atoms with Crippen molar-refractivity contribution in [2.24, 2.45) is 0 Å². The molecule has 0 fully saturated rings. The van der Waals surface area contributed by atoms with Crippen molar-refractivity contribution in [3.8, 4) is 11.1 Å². The lowest BCUT2D eigenvalue weighted by molar-refractivity contribution is 0.658. The van der Waals surface area contributed by atoms with E-state index in [1.54, 1.807) is 0 Å². The van der Waals surface area contributed by atoms with Crippen LogP contribution in [-0.4, -0.2) is 0 Å². The fraction of sp³-hybridized carbons (Fsp3) is 0.0566. The summed E-state index contributed by atoms with van der Waals surface area (Å²) in [4.78, 5) is 4.74. The minimum atomic E-state index is -0.270. The molecule has 1 heterocycles. The van der Waals surface area contributed by atoms with Crippen molar-refractivity contribution in [2.45, 2.75) is 19.3 Å². The number of hydrogen-bond donors (Lipinski definition) is 0. The maximum Gasteiger partial charge on any atom is 0.138 e. The van der Waals surface area contributed by atoms with Gasteiger partial charge in [-0.2, -0.15) is 0 Å². The Balaban J connectivity index is 1.16. The summed E-state index contributed by atoms with van der Waals surface area (Å²) in [6.07, 6.45) is 0. The SMILES string of the molecule is CC1(C)c2cc3c(cc2-c2c1cc(N(c1ccccc1)c1ccccc1)c1ccccc21)oc1cc(N(c2ccccc2)c2ccccc2)c2ccccc2c13. The van der Waals surface area contributed by atoms with Crippen LogP contribution in [0.25, 0.3) is 54.6 Å². The van der Waals surface area contributed by atoms with Crippen molar-refractivity contribution in [3.05, 3.63) is 205 Å². The quantitative estimate of drug-likeness (QED) is 0.171. The van der Waals surface area contributed by atoms with Gasteiger partial charge in [0.15, 0.2) is 0 Å². The van der Waals surface area contributed by atoms with E-state index >= 15 is 0 Å². The molecule has 0 atom stereocenters. The van der Waals surface area contributed by atoms with Crippen LogP contribution in [0, 0.1) is 0 Å². The van der Waals surface area contributed by atoms with E-state index in [9.17, 15) is 0 Å². The molecule has 0 unspecified atom stereocenters. The molecule has 1 aliphatic rings. The molecule has 56 heavy (non-hydrogen) atoms. The fourth-order valence-electron chi connectivity index (χ4n) is 9.21. The summed E-state index contributed by atoms with van der Waals surface area (Å²) in [5.41, 5.74) is 13.4. The molecule has 0 N–H and O–H groups in total. The number of rotatable bonds is 6. The zero-order valence-corrected chi connectivity index (χ0v) is 31.3. The molecule has 0 saturated carbocycles. The van der Waals surface area contributed by atoms with Crippen LogP contribution in [0.2, 0.25) is 0 Å². The minimum Gasteiger partial charge on any atom is -0.456 e. The second-order valence-corrected chi connectivity index (χ2v) is 15.3. The zero-order valence-electron chi connectivity index (χ0n) is 31.3. The second-order valence-electron chi connectivity index (χ2n) is 15.3. The van der Waals surface area contributed by atoms with Gasteiger partial charge in [0.05, 0.1) is 11.4 Å². The summed E-state index contributed by atoms with van der Waals surface area (Å²) in [7, 11) is 0. The van der Waals surface area contributed by atoms with Crippen LogP contribution in [-0.2, 0) is 5.41 Å². The van der Waals surface area contributed by atoms with Crippen molar-refractivity contribution in [1.29, 1.82) is 0 Å². The van der Waals surface area contributed by atoms with Gasteiger partial charge < -0.3 is 14.2 Å². The predicted molar refractivity (Wildman–Crippen MR) is 236 cm³/mol. The van der Waals surface area contributed by atoms with Crippen molar-refractivity contribution >= 4 is 77.6 Å². The van der Waals surface area contributed by atoms with Gasteiger partial charge >= 0.3 is 0 Å².